The first-order valence-corrected chi connectivity index (χ1v) is 7.70. The fraction of sp³-hybridized carbons (Fsp3) is 0.200. The summed E-state index contributed by atoms with van der Waals surface area (Å²) in [6.45, 7) is -0.0721. The van der Waals surface area contributed by atoms with Crippen LogP contribution in [0, 0.1) is 0 Å². The smallest absolute Gasteiger partial charge is 0.325 e. The minimum atomic E-state index is -1.00. The Hall–Kier alpha value is -1.26. The van der Waals surface area contributed by atoms with E-state index in [1.54, 1.807) is 6.07 Å². The van der Waals surface area contributed by atoms with Crippen molar-refractivity contribution in [1.82, 2.24) is 20.3 Å². The van der Waals surface area contributed by atoms with Crippen LogP contribution in [0.15, 0.2) is 20.5 Å². The molecule has 0 saturated heterocycles. The molecule has 0 aliphatic heterocycles. The molecular formula is C10H8Br2N4O3S. The van der Waals surface area contributed by atoms with Crippen molar-refractivity contribution in [3.05, 3.63) is 31.1 Å². The van der Waals surface area contributed by atoms with Gasteiger partial charge in [-0.3, -0.25) is 9.59 Å². The second kappa shape index (κ2) is 6.46. The molecular weight excluding hydrogens is 416 g/mol. The number of carboxylic acids is 1. The summed E-state index contributed by atoms with van der Waals surface area (Å²) in [7, 11) is 0. The summed E-state index contributed by atoms with van der Waals surface area (Å²) in [5, 5.41) is 18.7. The Kier molecular flexibility index (Phi) is 4.89. The largest absolute Gasteiger partial charge is 0.480 e. The van der Waals surface area contributed by atoms with Crippen molar-refractivity contribution >= 4 is 55.1 Å². The third kappa shape index (κ3) is 3.87. The maximum atomic E-state index is 11.9. The number of amides is 1. The molecule has 0 unspecified atom stereocenters. The van der Waals surface area contributed by atoms with Crippen LogP contribution >= 0.6 is 43.2 Å². The number of carboxylic acid groups (broad SMARTS) is 1. The Morgan fingerprint density at radius 3 is 2.80 bits per heavy atom. The van der Waals surface area contributed by atoms with Crippen molar-refractivity contribution < 1.29 is 14.7 Å². The van der Waals surface area contributed by atoms with Gasteiger partial charge in [0.25, 0.3) is 5.91 Å². The van der Waals surface area contributed by atoms with Gasteiger partial charge in [-0.1, -0.05) is 5.21 Å². The van der Waals surface area contributed by atoms with E-state index in [2.05, 4.69) is 47.5 Å². The van der Waals surface area contributed by atoms with Gasteiger partial charge >= 0.3 is 5.97 Å². The zero-order valence-corrected chi connectivity index (χ0v) is 13.8. The Morgan fingerprint density at radius 1 is 1.45 bits per heavy atom. The van der Waals surface area contributed by atoms with Crippen molar-refractivity contribution in [2.75, 3.05) is 0 Å². The number of aromatic nitrogens is 3. The van der Waals surface area contributed by atoms with E-state index in [0.717, 1.165) is 8.26 Å². The number of carbonyl (C=O) groups excluding carboxylic acids is 1. The lowest BCUT2D eigenvalue weighted by Crippen LogP contribution is -2.22. The van der Waals surface area contributed by atoms with Gasteiger partial charge in [-0.25, -0.2) is 4.68 Å². The Labute approximate surface area is 134 Å². The summed E-state index contributed by atoms with van der Waals surface area (Å²) in [4.78, 5) is 22.9. The Bertz CT molecular complexity index is 635. The van der Waals surface area contributed by atoms with Gasteiger partial charge in [0.2, 0.25) is 0 Å². The number of nitrogens with zero attached hydrogens (tertiary/aromatic N) is 3. The number of aliphatic carboxylic acids is 1. The highest BCUT2D eigenvalue weighted by molar-refractivity contribution is 9.13. The molecule has 2 aromatic rings. The summed E-state index contributed by atoms with van der Waals surface area (Å²) in [6.07, 6.45) is 1.48. The first-order valence-electron chi connectivity index (χ1n) is 5.29. The lowest BCUT2D eigenvalue weighted by Gasteiger charge is -1.99. The highest BCUT2D eigenvalue weighted by atomic mass is 79.9. The Morgan fingerprint density at radius 2 is 2.20 bits per heavy atom. The second-order valence-corrected chi connectivity index (χ2v) is 6.94. The fourth-order valence-electron chi connectivity index (χ4n) is 1.35. The van der Waals surface area contributed by atoms with Crippen molar-refractivity contribution in [3.8, 4) is 0 Å². The summed E-state index contributed by atoms with van der Waals surface area (Å²) in [5.74, 6) is -1.23. The number of hydrogen-bond donors (Lipinski definition) is 2. The van der Waals surface area contributed by atoms with Gasteiger partial charge in [0.1, 0.15) is 12.2 Å². The average molecular weight is 424 g/mol. The number of halogens is 2. The minimum absolute atomic E-state index is 0.186. The van der Waals surface area contributed by atoms with Gasteiger partial charge in [-0.15, -0.1) is 16.4 Å². The molecule has 7 nitrogen and oxygen atoms in total. The molecule has 10 heteroatoms. The van der Waals surface area contributed by atoms with E-state index in [0.29, 0.717) is 10.6 Å². The zero-order chi connectivity index (χ0) is 14.7. The molecule has 2 aromatic heterocycles. The van der Waals surface area contributed by atoms with E-state index in [9.17, 15) is 9.59 Å². The molecule has 106 valence electrons. The molecule has 0 fully saturated rings. The Balaban J connectivity index is 1.93. The maximum Gasteiger partial charge on any atom is 0.325 e. The summed E-state index contributed by atoms with van der Waals surface area (Å²) >= 11 is 7.94. The minimum Gasteiger partial charge on any atom is -0.480 e. The van der Waals surface area contributed by atoms with Gasteiger partial charge < -0.3 is 10.4 Å². The van der Waals surface area contributed by atoms with E-state index in [4.69, 9.17) is 5.11 Å². The van der Waals surface area contributed by atoms with E-state index in [-0.39, 0.29) is 19.0 Å². The van der Waals surface area contributed by atoms with Gasteiger partial charge in [0.05, 0.1) is 21.4 Å². The first kappa shape index (κ1) is 15.1. The molecule has 0 atom stereocenters. The van der Waals surface area contributed by atoms with Crippen LogP contribution in [0.4, 0.5) is 0 Å². The quantitative estimate of drug-likeness (QED) is 0.765. The monoisotopic (exact) mass is 422 g/mol. The SMILES string of the molecule is O=C(O)Cn1cc(CNC(=O)c2cc(Br)c(Br)s2)nn1. The summed E-state index contributed by atoms with van der Waals surface area (Å²) in [5.41, 5.74) is 0.495. The van der Waals surface area contributed by atoms with Crippen molar-refractivity contribution in [2.24, 2.45) is 0 Å². The molecule has 1 amide bonds. The molecule has 0 saturated carbocycles. The number of carbonyl (C=O) groups is 2. The predicted molar refractivity (Wildman–Crippen MR) is 78.5 cm³/mol. The molecule has 0 aromatic carbocycles. The molecule has 0 radical (unpaired) electrons. The highest BCUT2D eigenvalue weighted by Crippen LogP contribution is 2.32. The summed E-state index contributed by atoms with van der Waals surface area (Å²) < 4.78 is 2.86. The fourth-order valence-corrected chi connectivity index (χ4v) is 3.30. The van der Waals surface area contributed by atoms with E-state index in [1.807, 2.05) is 0 Å². The van der Waals surface area contributed by atoms with Crippen LogP contribution in [-0.4, -0.2) is 32.0 Å². The third-order valence-electron chi connectivity index (χ3n) is 2.18. The third-order valence-corrected chi connectivity index (χ3v) is 5.44. The van der Waals surface area contributed by atoms with Crippen LogP contribution in [0.5, 0.6) is 0 Å². The van der Waals surface area contributed by atoms with E-state index < -0.39 is 5.97 Å². The van der Waals surface area contributed by atoms with Crippen LogP contribution in [0.2, 0.25) is 0 Å². The topological polar surface area (TPSA) is 97.1 Å². The van der Waals surface area contributed by atoms with E-state index >= 15 is 0 Å². The number of rotatable bonds is 5. The zero-order valence-electron chi connectivity index (χ0n) is 9.84. The number of thiophene rings is 1. The molecule has 0 aliphatic rings. The van der Waals surface area contributed by atoms with E-state index in [1.165, 1.54) is 22.2 Å². The summed E-state index contributed by atoms with van der Waals surface area (Å²) in [6, 6.07) is 1.71. The van der Waals surface area contributed by atoms with Crippen LogP contribution in [0.25, 0.3) is 0 Å². The second-order valence-electron chi connectivity index (χ2n) is 3.72. The molecule has 2 N–H and O–H groups in total. The van der Waals surface area contributed by atoms with Crippen molar-refractivity contribution in [1.29, 1.82) is 0 Å². The first-order chi connectivity index (χ1) is 9.45. The van der Waals surface area contributed by atoms with Crippen molar-refractivity contribution in [2.45, 2.75) is 13.1 Å². The van der Waals surface area contributed by atoms with Crippen LogP contribution in [-0.2, 0) is 17.9 Å². The van der Waals surface area contributed by atoms with Crippen LogP contribution in [0.3, 0.4) is 0 Å². The molecule has 0 spiro atoms. The van der Waals surface area contributed by atoms with Gasteiger partial charge in [0, 0.05) is 4.47 Å². The van der Waals surface area contributed by atoms with Gasteiger partial charge in [0.15, 0.2) is 0 Å². The molecule has 0 bridgehead atoms. The number of nitrogens with one attached hydrogen (secondary N) is 1. The lowest BCUT2D eigenvalue weighted by atomic mass is 10.4. The van der Waals surface area contributed by atoms with Crippen LogP contribution in [0.1, 0.15) is 15.4 Å². The normalized spacial score (nSPS) is 10.5. The van der Waals surface area contributed by atoms with Gasteiger partial charge in [-0.2, -0.15) is 0 Å². The molecule has 20 heavy (non-hydrogen) atoms. The van der Waals surface area contributed by atoms with Crippen molar-refractivity contribution in [3.63, 3.8) is 0 Å². The lowest BCUT2D eigenvalue weighted by molar-refractivity contribution is -0.137. The molecule has 2 heterocycles. The average Bonchev–Trinajstić information content (AvgIpc) is 2.94. The van der Waals surface area contributed by atoms with Crippen LogP contribution < -0.4 is 5.32 Å². The predicted octanol–water partition coefficient (Wildman–Crippen LogP) is 1.88. The molecule has 0 aliphatic carbocycles. The molecule has 2 rings (SSSR count). The standard InChI is InChI=1S/C10H8Br2N4O3S/c11-6-1-7(20-9(6)12)10(19)13-2-5-3-16(15-14-5)4-8(17)18/h1,3H,2,4H2,(H,13,19)(H,17,18). The highest BCUT2D eigenvalue weighted by Gasteiger charge is 2.12. The van der Waals surface area contributed by atoms with Gasteiger partial charge in [-0.05, 0) is 37.9 Å². The maximum absolute atomic E-state index is 11.9. The number of hydrogen-bond acceptors (Lipinski definition) is 5.